The fourth-order valence-corrected chi connectivity index (χ4v) is 3.13. The second kappa shape index (κ2) is 7.46. The zero-order valence-electron chi connectivity index (χ0n) is 11.8. The highest BCUT2D eigenvalue weighted by molar-refractivity contribution is 7.09. The summed E-state index contributed by atoms with van der Waals surface area (Å²) in [5.74, 6) is 0.627. The average Bonchev–Trinajstić information content (AvgIpc) is 2.92. The van der Waals surface area contributed by atoms with Crippen LogP contribution in [-0.4, -0.2) is 12.6 Å². The second-order valence-corrected chi connectivity index (χ2v) is 6.27. The van der Waals surface area contributed by atoms with Crippen LogP contribution < -0.4 is 5.32 Å². The van der Waals surface area contributed by atoms with Crippen LogP contribution in [0, 0.1) is 0 Å². The molecule has 0 saturated heterocycles. The first kappa shape index (κ1) is 14.3. The fourth-order valence-electron chi connectivity index (χ4n) is 2.30. The van der Waals surface area contributed by atoms with Crippen molar-refractivity contribution in [2.24, 2.45) is 0 Å². The lowest BCUT2D eigenvalue weighted by molar-refractivity contribution is 0.515. The zero-order valence-corrected chi connectivity index (χ0v) is 12.6. The van der Waals surface area contributed by atoms with Gasteiger partial charge in [-0.2, -0.15) is 0 Å². The molecule has 0 aliphatic carbocycles. The lowest BCUT2D eigenvalue weighted by atomic mass is 9.98. The molecule has 1 aromatic heterocycles. The first-order valence-corrected chi connectivity index (χ1v) is 7.94. The van der Waals surface area contributed by atoms with Gasteiger partial charge in [-0.3, -0.25) is 0 Å². The molecular weight excluding hydrogens is 250 g/mol. The van der Waals surface area contributed by atoms with Gasteiger partial charge in [-0.05, 0) is 49.2 Å². The molecule has 0 saturated carbocycles. The van der Waals surface area contributed by atoms with E-state index in [-0.39, 0.29) is 0 Å². The molecule has 2 heteroatoms. The van der Waals surface area contributed by atoms with Crippen LogP contribution in [0.4, 0.5) is 0 Å². The summed E-state index contributed by atoms with van der Waals surface area (Å²) in [7, 11) is 0. The van der Waals surface area contributed by atoms with E-state index in [0.717, 1.165) is 13.0 Å². The Bertz CT molecular complexity index is 449. The molecule has 19 heavy (non-hydrogen) atoms. The van der Waals surface area contributed by atoms with Crippen molar-refractivity contribution >= 4 is 11.3 Å². The van der Waals surface area contributed by atoms with E-state index in [0.29, 0.717) is 12.0 Å². The lowest BCUT2D eigenvalue weighted by Crippen LogP contribution is -2.29. The summed E-state index contributed by atoms with van der Waals surface area (Å²) in [6.45, 7) is 5.66. The van der Waals surface area contributed by atoms with Crippen molar-refractivity contribution in [2.45, 2.75) is 38.6 Å². The van der Waals surface area contributed by atoms with E-state index < -0.39 is 0 Å². The van der Waals surface area contributed by atoms with Crippen molar-refractivity contribution in [2.75, 3.05) is 6.54 Å². The Morgan fingerprint density at radius 3 is 2.53 bits per heavy atom. The molecule has 2 atom stereocenters. The van der Waals surface area contributed by atoms with E-state index in [1.54, 1.807) is 0 Å². The number of benzene rings is 1. The van der Waals surface area contributed by atoms with Gasteiger partial charge < -0.3 is 5.32 Å². The smallest absolute Gasteiger partial charge is 0.00870 e. The van der Waals surface area contributed by atoms with Crippen molar-refractivity contribution in [3.05, 3.63) is 58.3 Å². The quantitative estimate of drug-likeness (QED) is 0.785. The van der Waals surface area contributed by atoms with Gasteiger partial charge in [0.25, 0.3) is 0 Å². The third kappa shape index (κ3) is 4.81. The van der Waals surface area contributed by atoms with E-state index in [2.05, 4.69) is 67.0 Å². The van der Waals surface area contributed by atoms with Crippen molar-refractivity contribution < 1.29 is 0 Å². The molecule has 2 rings (SSSR count). The Morgan fingerprint density at radius 2 is 1.84 bits per heavy atom. The van der Waals surface area contributed by atoms with Gasteiger partial charge in [0, 0.05) is 10.9 Å². The highest BCUT2D eigenvalue weighted by Crippen LogP contribution is 2.17. The molecule has 1 nitrogen and oxygen atoms in total. The van der Waals surface area contributed by atoms with Crippen LogP contribution in [0.5, 0.6) is 0 Å². The topological polar surface area (TPSA) is 12.0 Å². The van der Waals surface area contributed by atoms with Crippen LogP contribution in [0.15, 0.2) is 47.8 Å². The molecule has 1 N–H and O–H groups in total. The molecule has 2 aromatic rings. The molecule has 102 valence electrons. The summed E-state index contributed by atoms with van der Waals surface area (Å²) in [4.78, 5) is 1.47. The summed E-state index contributed by atoms with van der Waals surface area (Å²) in [5.41, 5.74) is 1.44. The number of rotatable bonds is 7. The van der Waals surface area contributed by atoms with E-state index in [1.807, 2.05) is 11.3 Å². The van der Waals surface area contributed by atoms with Crippen LogP contribution in [0.1, 0.15) is 36.6 Å². The van der Waals surface area contributed by atoms with Gasteiger partial charge in [0.05, 0.1) is 0 Å². The minimum Gasteiger partial charge on any atom is -0.314 e. The summed E-state index contributed by atoms with van der Waals surface area (Å²) >= 11 is 1.85. The number of thiophene rings is 1. The molecule has 0 spiro atoms. The molecule has 2 unspecified atom stereocenters. The van der Waals surface area contributed by atoms with Gasteiger partial charge >= 0.3 is 0 Å². The SMILES string of the molecule is CC(Cc1cccs1)NCCC(C)c1ccccc1. The van der Waals surface area contributed by atoms with Gasteiger partial charge in [-0.15, -0.1) is 11.3 Å². The molecule has 1 heterocycles. The summed E-state index contributed by atoms with van der Waals surface area (Å²) in [6, 6.07) is 15.7. The molecule has 0 fully saturated rings. The Hall–Kier alpha value is -1.12. The third-order valence-corrected chi connectivity index (χ3v) is 4.42. The third-order valence-electron chi connectivity index (χ3n) is 3.53. The predicted molar refractivity (Wildman–Crippen MR) is 85.0 cm³/mol. The predicted octanol–water partition coefficient (Wildman–Crippen LogP) is 4.46. The monoisotopic (exact) mass is 273 g/mol. The lowest BCUT2D eigenvalue weighted by Gasteiger charge is -2.16. The van der Waals surface area contributed by atoms with Gasteiger partial charge in [-0.25, -0.2) is 0 Å². The van der Waals surface area contributed by atoms with Crippen LogP contribution in [0.3, 0.4) is 0 Å². The average molecular weight is 273 g/mol. The van der Waals surface area contributed by atoms with Crippen molar-refractivity contribution in [1.29, 1.82) is 0 Å². The molecule has 0 bridgehead atoms. The van der Waals surface area contributed by atoms with Gasteiger partial charge in [0.15, 0.2) is 0 Å². The van der Waals surface area contributed by atoms with Gasteiger partial charge in [-0.1, -0.05) is 43.3 Å². The Labute approximate surface area is 120 Å². The van der Waals surface area contributed by atoms with Gasteiger partial charge in [0.2, 0.25) is 0 Å². The maximum Gasteiger partial charge on any atom is 0.00870 e. The second-order valence-electron chi connectivity index (χ2n) is 5.24. The van der Waals surface area contributed by atoms with Crippen LogP contribution in [0.25, 0.3) is 0 Å². The van der Waals surface area contributed by atoms with Crippen molar-refractivity contribution in [3.63, 3.8) is 0 Å². The summed E-state index contributed by atoms with van der Waals surface area (Å²) in [5, 5.41) is 5.78. The first-order valence-electron chi connectivity index (χ1n) is 7.06. The molecule has 0 aliphatic rings. The Morgan fingerprint density at radius 1 is 1.05 bits per heavy atom. The molecule has 0 radical (unpaired) electrons. The number of hydrogen-bond acceptors (Lipinski definition) is 2. The standard InChI is InChI=1S/C17H23NS/c1-14(16-7-4-3-5-8-16)10-11-18-15(2)13-17-9-6-12-19-17/h3-9,12,14-15,18H,10-11,13H2,1-2H3. The van der Waals surface area contributed by atoms with E-state index in [1.165, 1.54) is 16.9 Å². The first-order chi connectivity index (χ1) is 9.25. The normalized spacial score (nSPS) is 14.2. The van der Waals surface area contributed by atoms with E-state index in [4.69, 9.17) is 0 Å². The highest BCUT2D eigenvalue weighted by Gasteiger charge is 2.07. The fraction of sp³-hybridized carbons (Fsp3) is 0.412. The highest BCUT2D eigenvalue weighted by atomic mass is 32.1. The van der Waals surface area contributed by atoms with Crippen LogP contribution >= 0.6 is 11.3 Å². The Balaban J connectivity index is 1.68. The van der Waals surface area contributed by atoms with Crippen molar-refractivity contribution in [1.82, 2.24) is 5.32 Å². The molecule has 1 aromatic carbocycles. The molecule has 0 aliphatic heterocycles. The van der Waals surface area contributed by atoms with Crippen LogP contribution in [-0.2, 0) is 6.42 Å². The largest absolute Gasteiger partial charge is 0.314 e. The molecular formula is C17H23NS. The minimum atomic E-state index is 0.557. The minimum absolute atomic E-state index is 0.557. The van der Waals surface area contributed by atoms with Crippen molar-refractivity contribution in [3.8, 4) is 0 Å². The maximum absolute atomic E-state index is 3.63. The van der Waals surface area contributed by atoms with E-state index >= 15 is 0 Å². The van der Waals surface area contributed by atoms with E-state index in [9.17, 15) is 0 Å². The number of hydrogen-bond donors (Lipinski definition) is 1. The molecule has 0 amide bonds. The van der Waals surface area contributed by atoms with Crippen LogP contribution in [0.2, 0.25) is 0 Å². The van der Waals surface area contributed by atoms with Gasteiger partial charge in [0.1, 0.15) is 0 Å². The number of nitrogens with one attached hydrogen (secondary N) is 1. The maximum atomic E-state index is 3.63. The summed E-state index contributed by atoms with van der Waals surface area (Å²) in [6.07, 6.45) is 2.33. The Kier molecular flexibility index (Phi) is 5.62. The zero-order chi connectivity index (χ0) is 13.5. The summed E-state index contributed by atoms with van der Waals surface area (Å²) < 4.78 is 0.